The molecule has 0 amide bonds. The summed E-state index contributed by atoms with van der Waals surface area (Å²) in [5.74, 6) is 0.844. The molecular formula is C14H21ClN2. The summed E-state index contributed by atoms with van der Waals surface area (Å²) >= 11 is 6.06. The standard InChI is InChI=1S/C14H21ClN2/c1-2-11-6-8-17(10-11)14-4-3-13(15)9-12(14)5-7-16/h3-4,9,11H,2,5-8,10,16H2,1H3. The van der Waals surface area contributed by atoms with Gasteiger partial charge in [0.05, 0.1) is 0 Å². The molecule has 0 aromatic heterocycles. The van der Waals surface area contributed by atoms with Gasteiger partial charge in [-0.3, -0.25) is 0 Å². The molecule has 1 aromatic carbocycles. The van der Waals surface area contributed by atoms with Crippen LogP contribution in [0.4, 0.5) is 5.69 Å². The Morgan fingerprint density at radius 3 is 2.94 bits per heavy atom. The van der Waals surface area contributed by atoms with Crippen LogP contribution in [0.5, 0.6) is 0 Å². The number of hydrogen-bond donors (Lipinski definition) is 1. The van der Waals surface area contributed by atoms with Crippen molar-refractivity contribution in [2.75, 3.05) is 24.5 Å². The predicted molar refractivity (Wildman–Crippen MR) is 74.8 cm³/mol. The van der Waals surface area contributed by atoms with Gasteiger partial charge >= 0.3 is 0 Å². The Hall–Kier alpha value is -0.730. The number of anilines is 1. The highest BCUT2D eigenvalue weighted by atomic mass is 35.5. The third kappa shape index (κ3) is 2.93. The molecule has 94 valence electrons. The molecule has 1 heterocycles. The minimum Gasteiger partial charge on any atom is -0.371 e. The van der Waals surface area contributed by atoms with Crippen molar-refractivity contribution in [2.24, 2.45) is 11.7 Å². The zero-order valence-corrected chi connectivity index (χ0v) is 11.2. The third-order valence-electron chi connectivity index (χ3n) is 3.66. The van der Waals surface area contributed by atoms with E-state index in [4.69, 9.17) is 17.3 Å². The van der Waals surface area contributed by atoms with E-state index in [1.165, 1.54) is 30.6 Å². The van der Waals surface area contributed by atoms with Crippen LogP contribution in [-0.2, 0) is 6.42 Å². The van der Waals surface area contributed by atoms with Crippen LogP contribution in [0.15, 0.2) is 18.2 Å². The van der Waals surface area contributed by atoms with E-state index < -0.39 is 0 Å². The molecule has 17 heavy (non-hydrogen) atoms. The molecule has 2 N–H and O–H groups in total. The van der Waals surface area contributed by atoms with E-state index in [0.29, 0.717) is 6.54 Å². The molecule has 2 nitrogen and oxygen atoms in total. The number of halogens is 1. The highest BCUT2D eigenvalue weighted by Gasteiger charge is 2.22. The molecule has 0 bridgehead atoms. The average Bonchev–Trinajstić information content (AvgIpc) is 2.78. The first-order valence-electron chi connectivity index (χ1n) is 6.48. The van der Waals surface area contributed by atoms with E-state index in [9.17, 15) is 0 Å². The molecule has 1 aliphatic heterocycles. The Morgan fingerprint density at radius 2 is 2.29 bits per heavy atom. The van der Waals surface area contributed by atoms with Crippen LogP contribution in [0.25, 0.3) is 0 Å². The summed E-state index contributed by atoms with van der Waals surface area (Å²) in [6.45, 7) is 5.29. The first-order chi connectivity index (χ1) is 8.24. The minimum atomic E-state index is 0.679. The molecule has 1 unspecified atom stereocenters. The summed E-state index contributed by atoms with van der Waals surface area (Å²) in [6.07, 6.45) is 3.49. The Kier molecular flexibility index (Phi) is 4.30. The van der Waals surface area contributed by atoms with Crippen LogP contribution in [0.1, 0.15) is 25.3 Å². The maximum Gasteiger partial charge on any atom is 0.0410 e. The van der Waals surface area contributed by atoms with Crippen molar-refractivity contribution in [2.45, 2.75) is 26.2 Å². The van der Waals surface area contributed by atoms with Gasteiger partial charge in [0.15, 0.2) is 0 Å². The Labute approximate surface area is 109 Å². The van der Waals surface area contributed by atoms with Crippen LogP contribution in [0.3, 0.4) is 0 Å². The summed E-state index contributed by atoms with van der Waals surface area (Å²) in [4.78, 5) is 2.48. The lowest BCUT2D eigenvalue weighted by molar-refractivity contribution is 0.569. The second kappa shape index (κ2) is 5.74. The molecule has 3 heteroatoms. The van der Waals surface area contributed by atoms with Crippen molar-refractivity contribution in [3.8, 4) is 0 Å². The van der Waals surface area contributed by atoms with Crippen molar-refractivity contribution >= 4 is 17.3 Å². The van der Waals surface area contributed by atoms with Crippen molar-refractivity contribution in [3.63, 3.8) is 0 Å². The molecule has 1 aromatic rings. The maximum absolute atomic E-state index is 6.06. The zero-order valence-electron chi connectivity index (χ0n) is 10.5. The maximum atomic E-state index is 6.06. The van der Waals surface area contributed by atoms with Gasteiger partial charge in [-0.25, -0.2) is 0 Å². The van der Waals surface area contributed by atoms with Gasteiger partial charge in [0, 0.05) is 23.8 Å². The SMILES string of the molecule is CCC1CCN(c2ccc(Cl)cc2CCN)C1. The molecule has 1 atom stereocenters. The molecule has 0 aliphatic carbocycles. The van der Waals surface area contributed by atoms with Crippen LogP contribution in [0, 0.1) is 5.92 Å². The monoisotopic (exact) mass is 252 g/mol. The minimum absolute atomic E-state index is 0.679. The smallest absolute Gasteiger partial charge is 0.0410 e. The van der Waals surface area contributed by atoms with Crippen molar-refractivity contribution in [1.29, 1.82) is 0 Å². The quantitative estimate of drug-likeness (QED) is 0.893. The molecule has 1 saturated heterocycles. The summed E-state index contributed by atoms with van der Waals surface area (Å²) in [7, 11) is 0. The van der Waals surface area contributed by atoms with Gasteiger partial charge in [-0.2, -0.15) is 0 Å². The summed E-state index contributed by atoms with van der Waals surface area (Å²) in [5.41, 5.74) is 8.29. The van der Waals surface area contributed by atoms with Gasteiger partial charge in [-0.1, -0.05) is 24.9 Å². The first kappa shape index (κ1) is 12.7. The summed E-state index contributed by atoms with van der Waals surface area (Å²) < 4.78 is 0. The van der Waals surface area contributed by atoms with Gasteiger partial charge < -0.3 is 10.6 Å². The fraction of sp³-hybridized carbons (Fsp3) is 0.571. The van der Waals surface area contributed by atoms with E-state index in [0.717, 1.165) is 23.9 Å². The lowest BCUT2D eigenvalue weighted by Gasteiger charge is -2.22. The lowest BCUT2D eigenvalue weighted by Crippen LogP contribution is -2.21. The van der Waals surface area contributed by atoms with Crippen LogP contribution in [-0.4, -0.2) is 19.6 Å². The fourth-order valence-corrected chi connectivity index (χ4v) is 2.80. The van der Waals surface area contributed by atoms with Gasteiger partial charge in [0.1, 0.15) is 0 Å². The van der Waals surface area contributed by atoms with E-state index >= 15 is 0 Å². The van der Waals surface area contributed by atoms with Gasteiger partial charge in [0.25, 0.3) is 0 Å². The number of benzene rings is 1. The Bertz CT molecular complexity index is 378. The molecule has 0 saturated carbocycles. The number of hydrogen-bond acceptors (Lipinski definition) is 2. The molecular weight excluding hydrogens is 232 g/mol. The second-order valence-corrected chi connectivity index (χ2v) is 5.26. The van der Waals surface area contributed by atoms with Gasteiger partial charge in [0.2, 0.25) is 0 Å². The fourth-order valence-electron chi connectivity index (χ4n) is 2.60. The molecule has 0 spiro atoms. The third-order valence-corrected chi connectivity index (χ3v) is 3.89. The Morgan fingerprint density at radius 1 is 1.47 bits per heavy atom. The highest BCUT2D eigenvalue weighted by Crippen LogP contribution is 2.30. The van der Waals surface area contributed by atoms with E-state index in [1.54, 1.807) is 0 Å². The second-order valence-electron chi connectivity index (χ2n) is 4.82. The van der Waals surface area contributed by atoms with Crippen LogP contribution in [0.2, 0.25) is 5.02 Å². The first-order valence-corrected chi connectivity index (χ1v) is 6.85. The average molecular weight is 253 g/mol. The van der Waals surface area contributed by atoms with Gasteiger partial charge in [-0.05, 0) is 49.1 Å². The summed E-state index contributed by atoms with van der Waals surface area (Å²) in [5, 5.41) is 0.809. The van der Waals surface area contributed by atoms with Gasteiger partial charge in [-0.15, -0.1) is 0 Å². The highest BCUT2D eigenvalue weighted by molar-refractivity contribution is 6.30. The number of rotatable bonds is 4. The van der Waals surface area contributed by atoms with Crippen LogP contribution >= 0.6 is 11.6 Å². The number of nitrogens with zero attached hydrogens (tertiary/aromatic N) is 1. The lowest BCUT2D eigenvalue weighted by atomic mass is 10.1. The van der Waals surface area contributed by atoms with Crippen LogP contribution < -0.4 is 10.6 Å². The van der Waals surface area contributed by atoms with Crippen molar-refractivity contribution in [3.05, 3.63) is 28.8 Å². The largest absolute Gasteiger partial charge is 0.371 e. The van der Waals surface area contributed by atoms with E-state index in [2.05, 4.69) is 24.0 Å². The predicted octanol–water partition coefficient (Wildman–Crippen LogP) is 3.08. The number of nitrogens with two attached hydrogens (primary N) is 1. The normalized spacial score (nSPS) is 19.9. The van der Waals surface area contributed by atoms with Crippen molar-refractivity contribution in [1.82, 2.24) is 0 Å². The van der Waals surface area contributed by atoms with E-state index in [-0.39, 0.29) is 0 Å². The molecule has 1 aliphatic rings. The molecule has 0 radical (unpaired) electrons. The molecule has 1 fully saturated rings. The van der Waals surface area contributed by atoms with E-state index in [1.807, 2.05) is 6.07 Å². The molecule has 2 rings (SSSR count). The Balaban J connectivity index is 2.19. The topological polar surface area (TPSA) is 29.3 Å². The summed E-state index contributed by atoms with van der Waals surface area (Å²) in [6, 6.07) is 6.19. The zero-order chi connectivity index (χ0) is 12.3. The van der Waals surface area contributed by atoms with Crippen molar-refractivity contribution < 1.29 is 0 Å².